The van der Waals surface area contributed by atoms with Crippen LogP contribution in [0.1, 0.15) is 12.5 Å². The zero-order valence-electron chi connectivity index (χ0n) is 17.5. The van der Waals surface area contributed by atoms with Gasteiger partial charge in [0.25, 0.3) is 15.9 Å². The minimum absolute atomic E-state index is 0.0319. The minimum Gasteiger partial charge on any atom is -0.449 e. The first-order valence-corrected chi connectivity index (χ1v) is 11.5. The lowest BCUT2D eigenvalue weighted by Gasteiger charge is -2.31. The van der Waals surface area contributed by atoms with Crippen molar-refractivity contribution >= 4 is 45.0 Å². The molecule has 180 valence electrons. The van der Waals surface area contributed by atoms with Crippen molar-refractivity contribution in [1.82, 2.24) is 4.90 Å². The predicted molar refractivity (Wildman–Crippen MR) is 113 cm³/mol. The third-order valence-corrected chi connectivity index (χ3v) is 6.31. The molecule has 3 heterocycles. The average molecular weight is 498 g/mol. The van der Waals surface area contributed by atoms with Crippen molar-refractivity contribution in [3.05, 3.63) is 47.7 Å². The highest BCUT2D eigenvalue weighted by atomic mass is 32.2. The standard InChI is InChI=1S/C20H17F3N4O6S/c1-11(33-19(30)12-2-5-16-25-34(31,32)7-6-26(16)9-12)18(29)27-10-17(28)24-14-8-13(20(21,22)23)3-4-15(14)27/h2-5,8-9,11H,6-7,10H2,1H3,(H,24,28). The van der Waals surface area contributed by atoms with E-state index in [0.29, 0.717) is 0 Å². The molecule has 0 radical (unpaired) electrons. The number of carbonyl (C=O) groups is 3. The number of rotatable bonds is 3. The Bertz CT molecular complexity index is 1290. The molecule has 4 rings (SSSR count). The van der Waals surface area contributed by atoms with Crippen LogP contribution in [0.5, 0.6) is 0 Å². The smallest absolute Gasteiger partial charge is 0.416 e. The summed E-state index contributed by atoms with van der Waals surface area (Å²) >= 11 is 0. The number of ether oxygens (including phenoxy) is 1. The van der Waals surface area contributed by atoms with Gasteiger partial charge in [-0.15, -0.1) is 4.40 Å². The number of amidine groups is 1. The molecule has 14 heteroatoms. The molecule has 1 aromatic rings. The van der Waals surface area contributed by atoms with Gasteiger partial charge in [-0.05, 0) is 37.3 Å². The van der Waals surface area contributed by atoms with Crippen molar-refractivity contribution in [3.8, 4) is 0 Å². The molecule has 0 saturated carbocycles. The van der Waals surface area contributed by atoms with Gasteiger partial charge in [-0.25, -0.2) is 13.2 Å². The Morgan fingerprint density at radius 1 is 1.24 bits per heavy atom. The molecule has 0 spiro atoms. The zero-order chi connectivity index (χ0) is 24.8. The second kappa shape index (κ2) is 8.27. The SMILES string of the molecule is CC(OC(=O)C1=CN2CCS(=O)(=O)N=C2C=C1)C(=O)N1CC(=O)Nc2cc(C(F)(F)F)ccc21. The monoisotopic (exact) mass is 498 g/mol. The van der Waals surface area contributed by atoms with Crippen LogP contribution in [0.4, 0.5) is 24.5 Å². The second-order valence-electron chi connectivity index (χ2n) is 7.60. The van der Waals surface area contributed by atoms with Crippen molar-refractivity contribution < 1.29 is 40.7 Å². The highest BCUT2D eigenvalue weighted by Crippen LogP contribution is 2.37. The fourth-order valence-corrected chi connectivity index (χ4v) is 4.45. The molecule has 0 aromatic heterocycles. The van der Waals surface area contributed by atoms with Crippen molar-refractivity contribution in [1.29, 1.82) is 0 Å². The molecule has 1 aromatic carbocycles. The number of fused-ring (bicyclic) bond motifs is 2. The van der Waals surface area contributed by atoms with Crippen molar-refractivity contribution in [3.63, 3.8) is 0 Å². The molecule has 10 nitrogen and oxygen atoms in total. The van der Waals surface area contributed by atoms with E-state index in [2.05, 4.69) is 9.71 Å². The van der Waals surface area contributed by atoms with Gasteiger partial charge < -0.3 is 15.0 Å². The molecular weight excluding hydrogens is 481 g/mol. The number of amides is 2. The Kier molecular flexibility index (Phi) is 5.71. The van der Waals surface area contributed by atoms with Crippen molar-refractivity contribution in [2.45, 2.75) is 19.2 Å². The fraction of sp³-hybridized carbons (Fsp3) is 0.300. The van der Waals surface area contributed by atoms with Gasteiger partial charge in [0.05, 0.1) is 28.3 Å². The van der Waals surface area contributed by atoms with Crippen LogP contribution in [0.15, 0.2) is 46.5 Å². The lowest BCUT2D eigenvalue weighted by atomic mass is 10.1. The van der Waals surface area contributed by atoms with Gasteiger partial charge in [-0.2, -0.15) is 13.2 Å². The lowest BCUT2D eigenvalue weighted by molar-refractivity contribution is -0.150. The van der Waals surface area contributed by atoms with Crippen LogP contribution in [-0.2, 0) is 35.3 Å². The van der Waals surface area contributed by atoms with Gasteiger partial charge in [-0.1, -0.05) is 0 Å². The molecule has 34 heavy (non-hydrogen) atoms. The molecule has 3 aliphatic rings. The summed E-state index contributed by atoms with van der Waals surface area (Å²) in [6.45, 7) is 0.879. The van der Waals surface area contributed by atoms with Crippen LogP contribution in [-0.4, -0.2) is 61.9 Å². The summed E-state index contributed by atoms with van der Waals surface area (Å²) in [7, 11) is -3.57. The van der Waals surface area contributed by atoms with E-state index in [1.807, 2.05) is 0 Å². The third kappa shape index (κ3) is 4.66. The Labute approximate surface area is 191 Å². The zero-order valence-corrected chi connectivity index (χ0v) is 18.3. The lowest BCUT2D eigenvalue weighted by Crippen LogP contribution is -2.47. The molecule has 0 bridgehead atoms. The summed E-state index contributed by atoms with van der Waals surface area (Å²) in [4.78, 5) is 39.9. The first kappa shape index (κ1) is 23.5. The van der Waals surface area contributed by atoms with Gasteiger partial charge in [0.1, 0.15) is 12.4 Å². The quantitative estimate of drug-likeness (QED) is 0.625. The number of nitrogens with one attached hydrogen (secondary N) is 1. The Morgan fingerprint density at radius 3 is 2.68 bits per heavy atom. The molecule has 3 aliphatic heterocycles. The second-order valence-corrected chi connectivity index (χ2v) is 9.35. The number of anilines is 2. The topological polar surface area (TPSA) is 125 Å². The minimum atomic E-state index is -4.64. The van der Waals surface area contributed by atoms with Gasteiger partial charge in [-0.3, -0.25) is 14.5 Å². The molecule has 1 atom stereocenters. The van der Waals surface area contributed by atoms with Crippen LogP contribution in [0, 0.1) is 0 Å². The summed E-state index contributed by atoms with van der Waals surface area (Å²) in [5.41, 5.74) is -1.12. The van der Waals surface area contributed by atoms with Gasteiger partial charge in [0.2, 0.25) is 5.91 Å². The van der Waals surface area contributed by atoms with E-state index in [1.54, 1.807) is 0 Å². The first-order valence-electron chi connectivity index (χ1n) is 9.87. The number of nitrogens with zero attached hydrogens (tertiary/aromatic N) is 3. The number of benzene rings is 1. The van der Waals surface area contributed by atoms with Gasteiger partial charge in [0, 0.05) is 12.7 Å². The normalized spacial score (nSPS) is 19.8. The summed E-state index contributed by atoms with van der Waals surface area (Å²) < 4.78 is 71.0. The summed E-state index contributed by atoms with van der Waals surface area (Å²) in [6.07, 6.45) is -2.06. The maximum Gasteiger partial charge on any atom is 0.416 e. The van der Waals surface area contributed by atoms with E-state index in [4.69, 9.17) is 4.74 Å². The highest BCUT2D eigenvalue weighted by molar-refractivity contribution is 7.90. The summed E-state index contributed by atoms with van der Waals surface area (Å²) in [5, 5.41) is 2.30. The van der Waals surface area contributed by atoms with E-state index >= 15 is 0 Å². The van der Waals surface area contributed by atoms with Crippen molar-refractivity contribution in [2.75, 3.05) is 29.1 Å². The molecule has 0 aliphatic carbocycles. The maximum atomic E-state index is 13.0. The van der Waals surface area contributed by atoms with Crippen LogP contribution >= 0.6 is 0 Å². The number of alkyl halides is 3. The first-order chi connectivity index (χ1) is 15.8. The van der Waals surface area contributed by atoms with E-state index in [9.17, 15) is 36.0 Å². The Balaban J connectivity index is 1.50. The van der Waals surface area contributed by atoms with E-state index in [1.165, 1.54) is 30.2 Å². The number of hydrogen-bond acceptors (Lipinski definition) is 7. The molecule has 1 N–H and O–H groups in total. The highest BCUT2D eigenvalue weighted by Gasteiger charge is 2.36. The van der Waals surface area contributed by atoms with Crippen LogP contribution < -0.4 is 10.2 Å². The molecule has 0 saturated heterocycles. The fourth-order valence-electron chi connectivity index (χ4n) is 3.48. The van der Waals surface area contributed by atoms with E-state index < -0.39 is 52.2 Å². The number of hydrogen-bond donors (Lipinski definition) is 1. The molecule has 1 unspecified atom stereocenters. The number of carbonyl (C=O) groups excluding carboxylic acids is 3. The average Bonchev–Trinajstić information content (AvgIpc) is 2.75. The summed E-state index contributed by atoms with van der Waals surface area (Å²) in [6, 6.07) is 2.56. The van der Waals surface area contributed by atoms with Crippen LogP contribution in [0.2, 0.25) is 0 Å². The largest absolute Gasteiger partial charge is 0.449 e. The van der Waals surface area contributed by atoms with Gasteiger partial charge in [0.15, 0.2) is 6.10 Å². The number of esters is 1. The predicted octanol–water partition coefficient (Wildman–Crippen LogP) is 1.42. The maximum absolute atomic E-state index is 13.0. The Morgan fingerprint density at radius 2 is 1.97 bits per heavy atom. The molecule has 0 fully saturated rings. The Hall–Kier alpha value is -3.68. The number of halogens is 3. The van der Waals surface area contributed by atoms with Crippen molar-refractivity contribution in [2.24, 2.45) is 4.40 Å². The van der Waals surface area contributed by atoms with E-state index in [-0.39, 0.29) is 35.1 Å². The van der Waals surface area contributed by atoms with Crippen LogP contribution in [0.3, 0.4) is 0 Å². The van der Waals surface area contributed by atoms with E-state index in [0.717, 1.165) is 23.1 Å². The number of sulfonamides is 1. The summed E-state index contributed by atoms with van der Waals surface area (Å²) in [5.74, 6) is -2.50. The molecular formula is C20H17F3N4O6S. The van der Waals surface area contributed by atoms with Gasteiger partial charge >= 0.3 is 12.1 Å². The van der Waals surface area contributed by atoms with Crippen LogP contribution in [0.25, 0.3) is 0 Å². The third-order valence-electron chi connectivity index (χ3n) is 5.15. The molecule has 2 amide bonds.